The molecule has 2 fully saturated rings. The highest BCUT2D eigenvalue weighted by Gasteiger charge is 2.41. The van der Waals surface area contributed by atoms with Gasteiger partial charge in [-0.3, -0.25) is 4.79 Å². The molecule has 3 heterocycles. The first-order valence-electron chi connectivity index (χ1n) is 8.91. The van der Waals surface area contributed by atoms with E-state index in [4.69, 9.17) is 9.47 Å². The van der Waals surface area contributed by atoms with Gasteiger partial charge in [0.05, 0.1) is 25.6 Å². The number of carbonyl (C=O) groups excluding carboxylic acids is 1. The van der Waals surface area contributed by atoms with Crippen LogP contribution in [-0.2, 0) is 16.0 Å². The first-order valence-corrected chi connectivity index (χ1v) is 8.91. The Hall–Kier alpha value is -2.51. The van der Waals surface area contributed by atoms with Gasteiger partial charge in [-0.25, -0.2) is 9.97 Å². The summed E-state index contributed by atoms with van der Waals surface area (Å²) in [5.74, 6) is 0.0731. The Balaban J connectivity index is 1.32. The number of rotatable bonds is 4. The number of ether oxygens (including phenoxy) is 2. The molecule has 1 aromatic heterocycles. The molecular weight excluding hydrogens is 332 g/mol. The normalized spacial score (nSPS) is 18.8. The van der Waals surface area contributed by atoms with E-state index in [9.17, 15) is 4.79 Å². The minimum atomic E-state index is -0.478. The molecule has 2 aliphatic rings. The third-order valence-electron chi connectivity index (χ3n) is 4.81. The minimum absolute atomic E-state index is 0.0973. The number of aromatic nitrogens is 2. The van der Waals surface area contributed by atoms with Crippen LogP contribution in [0.3, 0.4) is 0 Å². The quantitative estimate of drug-likeness (QED) is 0.906. The summed E-state index contributed by atoms with van der Waals surface area (Å²) in [6.45, 7) is 3.15. The summed E-state index contributed by atoms with van der Waals surface area (Å²) < 4.78 is 11.4. The van der Waals surface area contributed by atoms with Crippen LogP contribution in [-0.4, -0.2) is 52.9 Å². The molecule has 2 aliphatic heterocycles. The molecule has 7 heteroatoms. The van der Waals surface area contributed by atoms with Gasteiger partial charge in [-0.1, -0.05) is 30.3 Å². The maximum Gasteiger partial charge on any atom is 0.274 e. The average Bonchev–Trinajstić information content (AvgIpc) is 3.16. The fourth-order valence-corrected chi connectivity index (χ4v) is 3.32. The summed E-state index contributed by atoms with van der Waals surface area (Å²) in [4.78, 5) is 23.0. The molecule has 1 aromatic carbocycles. The van der Waals surface area contributed by atoms with Gasteiger partial charge in [-0.2, -0.15) is 0 Å². The fraction of sp³-hybridized carbons (Fsp3) is 0.421. The van der Waals surface area contributed by atoms with Crippen LogP contribution < -0.4 is 5.32 Å². The van der Waals surface area contributed by atoms with Crippen LogP contribution in [0.1, 0.15) is 28.9 Å². The molecule has 4 rings (SSSR count). The van der Waals surface area contributed by atoms with Crippen LogP contribution in [0.25, 0.3) is 0 Å². The standard InChI is InChI=1S/C19H22N4O3/c24-18(23-8-6-19(7-9-23)25-10-11-26-19)16-13-22-17(14-20-16)21-12-15-4-2-1-3-5-15/h1-5,13-14H,6-12H2,(H,21,22). The van der Waals surface area contributed by atoms with Crippen LogP contribution >= 0.6 is 0 Å². The molecule has 136 valence electrons. The number of likely N-dealkylation sites (tertiary alicyclic amines) is 1. The zero-order valence-electron chi connectivity index (χ0n) is 14.6. The van der Waals surface area contributed by atoms with Crippen molar-refractivity contribution in [2.45, 2.75) is 25.2 Å². The Kier molecular flexibility index (Phi) is 4.81. The molecule has 0 unspecified atom stereocenters. The molecule has 1 spiro atoms. The van der Waals surface area contributed by atoms with E-state index in [-0.39, 0.29) is 5.91 Å². The van der Waals surface area contributed by atoms with Crippen molar-refractivity contribution in [1.29, 1.82) is 0 Å². The number of piperidine rings is 1. The molecule has 0 radical (unpaired) electrons. The lowest BCUT2D eigenvalue weighted by atomic mass is 10.0. The number of anilines is 1. The number of nitrogens with one attached hydrogen (secondary N) is 1. The van der Waals surface area contributed by atoms with Gasteiger partial charge in [0.25, 0.3) is 5.91 Å². The highest BCUT2D eigenvalue weighted by Crippen LogP contribution is 2.31. The van der Waals surface area contributed by atoms with Crippen LogP contribution in [0, 0.1) is 0 Å². The van der Waals surface area contributed by atoms with Crippen molar-refractivity contribution < 1.29 is 14.3 Å². The lowest BCUT2D eigenvalue weighted by Crippen LogP contribution is -2.47. The maximum absolute atomic E-state index is 12.6. The molecule has 0 atom stereocenters. The second-order valence-corrected chi connectivity index (χ2v) is 6.53. The lowest BCUT2D eigenvalue weighted by molar-refractivity contribution is -0.181. The molecular formula is C19H22N4O3. The van der Waals surface area contributed by atoms with Crippen LogP contribution in [0.4, 0.5) is 5.82 Å². The summed E-state index contributed by atoms with van der Waals surface area (Å²) in [7, 11) is 0. The number of carbonyl (C=O) groups is 1. The van der Waals surface area contributed by atoms with E-state index in [0.717, 1.165) is 5.56 Å². The largest absolute Gasteiger partial charge is 0.365 e. The van der Waals surface area contributed by atoms with E-state index in [1.165, 1.54) is 6.20 Å². The Morgan fingerprint density at radius 3 is 2.46 bits per heavy atom. The molecule has 2 saturated heterocycles. The number of amides is 1. The monoisotopic (exact) mass is 354 g/mol. The maximum atomic E-state index is 12.6. The lowest BCUT2D eigenvalue weighted by Gasteiger charge is -2.37. The van der Waals surface area contributed by atoms with Gasteiger partial charge in [0, 0.05) is 32.5 Å². The highest BCUT2D eigenvalue weighted by atomic mass is 16.7. The third kappa shape index (κ3) is 3.68. The van der Waals surface area contributed by atoms with E-state index >= 15 is 0 Å². The Labute approximate surface area is 152 Å². The SMILES string of the molecule is O=C(c1cnc(NCc2ccccc2)cn1)N1CCC2(CC1)OCCO2. The first kappa shape index (κ1) is 16.9. The van der Waals surface area contributed by atoms with Gasteiger partial charge in [0.15, 0.2) is 5.79 Å². The molecule has 2 aromatic rings. The Morgan fingerprint density at radius 2 is 1.81 bits per heavy atom. The van der Waals surface area contributed by atoms with Crippen LogP contribution in [0.15, 0.2) is 42.7 Å². The smallest absolute Gasteiger partial charge is 0.274 e. The number of hydrogen-bond acceptors (Lipinski definition) is 6. The second kappa shape index (κ2) is 7.39. The fourth-order valence-electron chi connectivity index (χ4n) is 3.32. The second-order valence-electron chi connectivity index (χ2n) is 6.53. The van der Waals surface area contributed by atoms with E-state index in [1.54, 1.807) is 11.1 Å². The zero-order chi connectivity index (χ0) is 17.8. The van der Waals surface area contributed by atoms with Crippen molar-refractivity contribution in [1.82, 2.24) is 14.9 Å². The molecule has 0 saturated carbocycles. The van der Waals surface area contributed by atoms with Crippen molar-refractivity contribution in [3.05, 3.63) is 54.0 Å². The number of nitrogens with zero attached hydrogens (tertiary/aromatic N) is 3. The van der Waals surface area contributed by atoms with Gasteiger partial charge in [0.2, 0.25) is 0 Å². The van der Waals surface area contributed by atoms with E-state index in [2.05, 4.69) is 15.3 Å². The number of hydrogen-bond donors (Lipinski definition) is 1. The van der Waals surface area contributed by atoms with Crippen LogP contribution in [0.5, 0.6) is 0 Å². The third-order valence-corrected chi connectivity index (χ3v) is 4.81. The predicted molar refractivity (Wildman–Crippen MR) is 95.6 cm³/mol. The molecule has 1 N–H and O–H groups in total. The van der Waals surface area contributed by atoms with Crippen molar-refractivity contribution in [2.75, 3.05) is 31.6 Å². The van der Waals surface area contributed by atoms with Gasteiger partial charge in [-0.15, -0.1) is 0 Å². The number of benzene rings is 1. The summed E-state index contributed by atoms with van der Waals surface area (Å²) in [6.07, 6.45) is 4.53. The van der Waals surface area contributed by atoms with Crippen molar-refractivity contribution in [3.8, 4) is 0 Å². The van der Waals surface area contributed by atoms with Gasteiger partial charge < -0.3 is 19.7 Å². The summed E-state index contributed by atoms with van der Waals surface area (Å²) in [5, 5.41) is 3.21. The molecule has 0 bridgehead atoms. The van der Waals surface area contributed by atoms with Crippen LogP contribution in [0.2, 0.25) is 0 Å². The topological polar surface area (TPSA) is 76.6 Å². The average molecular weight is 354 g/mol. The summed E-state index contributed by atoms with van der Waals surface area (Å²) in [5.41, 5.74) is 1.52. The Bertz CT molecular complexity index is 735. The Morgan fingerprint density at radius 1 is 1.08 bits per heavy atom. The molecule has 26 heavy (non-hydrogen) atoms. The zero-order valence-corrected chi connectivity index (χ0v) is 14.6. The molecule has 7 nitrogen and oxygen atoms in total. The predicted octanol–water partition coefficient (Wildman–Crippen LogP) is 2.07. The summed E-state index contributed by atoms with van der Waals surface area (Å²) in [6, 6.07) is 10.1. The van der Waals surface area contributed by atoms with E-state index < -0.39 is 5.79 Å². The molecule has 0 aliphatic carbocycles. The summed E-state index contributed by atoms with van der Waals surface area (Å²) >= 11 is 0. The van der Waals surface area contributed by atoms with Gasteiger partial charge in [0.1, 0.15) is 11.5 Å². The molecule has 1 amide bonds. The van der Waals surface area contributed by atoms with Gasteiger partial charge in [-0.05, 0) is 5.56 Å². The van der Waals surface area contributed by atoms with Crippen molar-refractivity contribution in [2.24, 2.45) is 0 Å². The van der Waals surface area contributed by atoms with Crippen molar-refractivity contribution in [3.63, 3.8) is 0 Å². The van der Waals surface area contributed by atoms with Gasteiger partial charge >= 0.3 is 0 Å². The van der Waals surface area contributed by atoms with E-state index in [1.807, 2.05) is 30.3 Å². The van der Waals surface area contributed by atoms with Crippen molar-refractivity contribution >= 4 is 11.7 Å². The van der Waals surface area contributed by atoms with E-state index in [0.29, 0.717) is 57.2 Å². The first-order chi connectivity index (χ1) is 12.7. The highest BCUT2D eigenvalue weighted by molar-refractivity contribution is 5.92. The minimum Gasteiger partial charge on any atom is -0.365 e.